The van der Waals surface area contributed by atoms with Crippen molar-refractivity contribution in [3.63, 3.8) is 0 Å². The van der Waals surface area contributed by atoms with E-state index in [0.29, 0.717) is 25.3 Å². The molecule has 4 saturated heterocycles. The molecule has 11 nitrogen and oxygen atoms in total. The average Bonchev–Trinajstić information content (AvgIpc) is 3.56. The predicted molar refractivity (Wildman–Crippen MR) is 140 cm³/mol. The Hall–Kier alpha value is -2.54. The third kappa shape index (κ3) is 4.75. The molecule has 0 aromatic carbocycles. The van der Waals surface area contributed by atoms with Crippen molar-refractivity contribution >= 4 is 22.9 Å². The highest BCUT2D eigenvalue weighted by Gasteiger charge is 2.57. The van der Waals surface area contributed by atoms with E-state index in [1.54, 1.807) is 4.57 Å². The Kier molecular flexibility index (Phi) is 6.33. The highest BCUT2D eigenvalue weighted by Crippen LogP contribution is 2.46. The molecule has 2 aromatic rings. The monoisotopic (exact) mass is 546 g/mol. The molecule has 6 rings (SSSR count). The Morgan fingerprint density at radius 3 is 2.59 bits per heavy atom. The predicted octanol–water partition coefficient (Wildman–Crippen LogP) is 3.44. The summed E-state index contributed by atoms with van der Waals surface area (Å²) < 4.78 is 41.4. The fourth-order valence-electron chi connectivity index (χ4n) is 6.78. The third-order valence-corrected chi connectivity index (χ3v) is 8.48. The number of aromatic nitrogens is 3. The van der Waals surface area contributed by atoms with Crippen LogP contribution in [0.2, 0.25) is 0 Å². The number of likely N-dealkylation sites (tertiary alicyclic amines) is 2. The quantitative estimate of drug-likeness (QED) is 0.618. The lowest BCUT2D eigenvalue weighted by Gasteiger charge is -2.46. The highest BCUT2D eigenvalue weighted by atomic mass is 19.1. The average molecular weight is 547 g/mol. The summed E-state index contributed by atoms with van der Waals surface area (Å²) in [6, 6.07) is 0. The first kappa shape index (κ1) is 26.7. The van der Waals surface area contributed by atoms with Crippen molar-refractivity contribution < 1.29 is 28.1 Å². The van der Waals surface area contributed by atoms with Gasteiger partial charge in [-0.15, -0.1) is 0 Å². The number of nitrogens with two attached hydrogens (primary N) is 1. The van der Waals surface area contributed by atoms with Gasteiger partial charge in [-0.05, 0) is 66.8 Å². The number of piperidine rings is 1. The molecule has 4 atom stereocenters. The van der Waals surface area contributed by atoms with Gasteiger partial charge in [0.1, 0.15) is 36.1 Å². The van der Waals surface area contributed by atoms with E-state index in [4.69, 9.17) is 24.7 Å². The molecule has 4 aliphatic heterocycles. The summed E-state index contributed by atoms with van der Waals surface area (Å²) in [5.41, 5.74) is 5.80. The zero-order valence-corrected chi connectivity index (χ0v) is 23.4. The summed E-state index contributed by atoms with van der Waals surface area (Å²) in [7, 11) is 0. The van der Waals surface area contributed by atoms with Gasteiger partial charge in [0.15, 0.2) is 23.5 Å². The van der Waals surface area contributed by atoms with Crippen LogP contribution in [0.25, 0.3) is 11.0 Å². The highest BCUT2D eigenvalue weighted by molar-refractivity contribution is 5.86. The molecule has 1 amide bonds. The zero-order chi connectivity index (χ0) is 27.7. The molecule has 4 fully saturated rings. The molecule has 0 unspecified atom stereocenters. The first-order valence-electron chi connectivity index (χ1n) is 13.9. The summed E-state index contributed by atoms with van der Waals surface area (Å²) in [6.45, 7) is 12.4. The minimum absolute atomic E-state index is 0.00162. The van der Waals surface area contributed by atoms with Crippen LogP contribution in [-0.2, 0) is 18.9 Å². The molecule has 6 heterocycles. The van der Waals surface area contributed by atoms with Crippen molar-refractivity contribution in [3.8, 4) is 0 Å². The topological polar surface area (TPSA) is 117 Å². The van der Waals surface area contributed by atoms with Crippen LogP contribution in [0.15, 0.2) is 12.5 Å². The molecule has 214 valence electrons. The van der Waals surface area contributed by atoms with Gasteiger partial charge in [-0.2, -0.15) is 0 Å². The van der Waals surface area contributed by atoms with Crippen LogP contribution in [-0.4, -0.2) is 91.8 Å². The molecular weight excluding hydrogens is 507 g/mol. The van der Waals surface area contributed by atoms with Crippen LogP contribution in [0.4, 0.5) is 15.0 Å². The molecule has 39 heavy (non-hydrogen) atoms. The molecule has 0 saturated carbocycles. The first-order chi connectivity index (χ1) is 18.4. The number of nitrogen functional groups attached to an aromatic ring is 1. The fraction of sp³-hybridized carbons (Fsp3) is 0.741. The molecule has 0 aliphatic carbocycles. The molecule has 0 bridgehead atoms. The summed E-state index contributed by atoms with van der Waals surface area (Å²) in [5.74, 6) is -1.21. The number of hydrogen-bond acceptors (Lipinski definition) is 9. The van der Waals surface area contributed by atoms with Gasteiger partial charge in [0.2, 0.25) is 0 Å². The molecule has 0 radical (unpaired) electrons. The van der Waals surface area contributed by atoms with Crippen LogP contribution < -0.4 is 5.73 Å². The fourth-order valence-corrected chi connectivity index (χ4v) is 6.78. The molecule has 2 aromatic heterocycles. The minimum Gasteiger partial charge on any atom is -0.444 e. The van der Waals surface area contributed by atoms with Gasteiger partial charge in [-0.3, -0.25) is 4.90 Å². The van der Waals surface area contributed by atoms with Crippen LogP contribution in [0, 0.1) is 5.82 Å². The number of rotatable bonds is 3. The van der Waals surface area contributed by atoms with Crippen molar-refractivity contribution in [3.05, 3.63) is 18.3 Å². The Bertz CT molecular complexity index is 1250. The summed E-state index contributed by atoms with van der Waals surface area (Å²) in [5, 5.41) is 0.175. The first-order valence-corrected chi connectivity index (χ1v) is 13.9. The maximum absolute atomic E-state index is 14.9. The molecule has 12 heteroatoms. The van der Waals surface area contributed by atoms with Crippen LogP contribution >= 0.6 is 0 Å². The van der Waals surface area contributed by atoms with E-state index in [1.807, 2.05) is 39.5 Å². The van der Waals surface area contributed by atoms with Gasteiger partial charge in [0.05, 0.1) is 5.39 Å². The lowest BCUT2D eigenvalue weighted by atomic mass is 9.84. The van der Waals surface area contributed by atoms with E-state index in [2.05, 4.69) is 14.9 Å². The lowest BCUT2D eigenvalue weighted by molar-refractivity contribution is -0.199. The Morgan fingerprint density at radius 1 is 1.15 bits per heavy atom. The van der Waals surface area contributed by atoms with Gasteiger partial charge >= 0.3 is 6.09 Å². The van der Waals surface area contributed by atoms with Gasteiger partial charge in [0.25, 0.3) is 0 Å². The zero-order valence-electron chi connectivity index (χ0n) is 23.4. The van der Waals surface area contributed by atoms with Crippen molar-refractivity contribution in [2.45, 2.75) is 102 Å². The third-order valence-electron chi connectivity index (χ3n) is 8.48. The number of anilines is 1. The van der Waals surface area contributed by atoms with Gasteiger partial charge in [-0.1, -0.05) is 0 Å². The van der Waals surface area contributed by atoms with Crippen molar-refractivity contribution in [2.75, 3.05) is 31.9 Å². The van der Waals surface area contributed by atoms with E-state index in [1.165, 1.54) is 12.5 Å². The smallest absolute Gasteiger partial charge is 0.410 e. The van der Waals surface area contributed by atoms with Crippen molar-refractivity contribution in [1.82, 2.24) is 24.3 Å². The van der Waals surface area contributed by atoms with Gasteiger partial charge in [-0.25, -0.2) is 19.2 Å². The number of halogens is 1. The maximum Gasteiger partial charge on any atom is 0.410 e. The van der Waals surface area contributed by atoms with E-state index < -0.39 is 29.5 Å². The van der Waals surface area contributed by atoms with E-state index >= 15 is 0 Å². The maximum atomic E-state index is 14.9. The Balaban J connectivity index is 1.21. The SMILES string of the molecule is CC(C)(C)OC(=O)N1CCC2(CCCN2C[C@H]2O[C@@H](n3cc(F)c4c(N)ncnc43)[C@@H]3OC(C)(C)O[C@@H]32)CC1. The second-order valence-corrected chi connectivity index (χ2v) is 12.7. The second-order valence-electron chi connectivity index (χ2n) is 12.7. The molecule has 1 spiro atoms. The van der Waals surface area contributed by atoms with E-state index in [0.717, 1.165) is 32.2 Å². The van der Waals surface area contributed by atoms with E-state index in [-0.39, 0.29) is 35.0 Å². The second kappa shape index (κ2) is 9.25. The van der Waals surface area contributed by atoms with Gasteiger partial charge < -0.3 is 34.1 Å². The number of amides is 1. The summed E-state index contributed by atoms with van der Waals surface area (Å²) in [6.07, 6.45) is 4.66. The molecule has 4 aliphatic rings. The van der Waals surface area contributed by atoms with Crippen molar-refractivity contribution in [1.29, 1.82) is 0 Å². The lowest BCUT2D eigenvalue weighted by Crippen LogP contribution is -2.56. The van der Waals surface area contributed by atoms with Crippen LogP contribution in [0.1, 0.15) is 66.5 Å². The number of ether oxygens (including phenoxy) is 4. The largest absolute Gasteiger partial charge is 0.444 e. The van der Waals surface area contributed by atoms with Crippen LogP contribution in [0.3, 0.4) is 0 Å². The number of hydrogen-bond donors (Lipinski definition) is 1. The van der Waals surface area contributed by atoms with Crippen molar-refractivity contribution in [2.24, 2.45) is 0 Å². The Labute approximate surface area is 227 Å². The number of carbonyl (C=O) groups excluding carboxylic acids is 1. The minimum atomic E-state index is -0.799. The number of fused-ring (bicyclic) bond motifs is 2. The van der Waals surface area contributed by atoms with E-state index in [9.17, 15) is 9.18 Å². The summed E-state index contributed by atoms with van der Waals surface area (Å²) >= 11 is 0. The standard InChI is InChI=1S/C27H39FN6O5/c1-25(2,3)39-24(35)32-11-8-27(9-12-32)7-6-10-33(27)14-17-19-20(38-26(4,5)37-19)23(36-17)34-13-16(28)18-21(29)30-15-31-22(18)34/h13,15,17,19-20,23H,6-12,14H2,1-5H3,(H2,29,30,31)/t17-,19-,20-,23-/m1/s1. The Morgan fingerprint density at radius 2 is 1.87 bits per heavy atom. The molecular formula is C27H39FN6O5. The molecule has 2 N–H and O–H groups in total. The number of nitrogens with zero attached hydrogens (tertiary/aromatic N) is 5. The summed E-state index contributed by atoms with van der Waals surface area (Å²) in [4.78, 5) is 25.2. The normalized spacial score (nSPS) is 30.4. The number of carbonyl (C=O) groups is 1. The van der Waals surface area contributed by atoms with Crippen LogP contribution in [0.5, 0.6) is 0 Å². The van der Waals surface area contributed by atoms with Gasteiger partial charge in [0, 0.05) is 31.4 Å².